The van der Waals surface area contributed by atoms with Gasteiger partial charge in [0.15, 0.2) is 0 Å². The minimum absolute atomic E-state index is 0.168. The molecule has 0 bridgehead atoms. The van der Waals surface area contributed by atoms with Crippen molar-refractivity contribution in [3.8, 4) is 0 Å². The van der Waals surface area contributed by atoms with Crippen molar-refractivity contribution in [2.45, 2.75) is 44.1 Å². The molecule has 2 heterocycles. The van der Waals surface area contributed by atoms with Crippen LogP contribution < -0.4 is 0 Å². The first kappa shape index (κ1) is 15.4. The second kappa shape index (κ2) is 5.96. The van der Waals surface area contributed by atoms with Crippen LogP contribution in [-0.4, -0.2) is 58.1 Å². The van der Waals surface area contributed by atoms with Gasteiger partial charge in [0.05, 0.1) is 18.2 Å². The molecule has 2 aliphatic rings. The minimum Gasteiger partial charge on any atom is -0.385 e. The van der Waals surface area contributed by atoms with E-state index in [1.807, 2.05) is 0 Å². The van der Waals surface area contributed by atoms with Crippen LogP contribution in [0.2, 0.25) is 0 Å². The number of hydrogen-bond donors (Lipinski definition) is 2. The maximum Gasteiger partial charge on any atom is 0.228 e. The smallest absolute Gasteiger partial charge is 0.228 e. The third-order valence-corrected chi connectivity index (χ3v) is 5.23. The lowest BCUT2D eigenvalue weighted by atomic mass is 9.81. The second-order valence-corrected chi connectivity index (χ2v) is 6.59. The van der Waals surface area contributed by atoms with Gasteiger partial charge >= 0.3 is 0 Å². The highest BCUT2D eigenvalue weighted by molar-refractivity contribution is 5.83. The summed E-state index contributed by atoms with van der Waals surface area (Å²) in [5.74, 6) is 0.168. The maximum atomic E-state index is 13.0. The molecule has 7 heteroatoms. The molecule has 1 atom stereocenters. The summed E-state index contributed by atoms with van der Waals surface area (Å²) in [5, 5.41) is 21.0. The molecule has 22 heavy (non-hydrogen) atoms. The van der Waals surface area contributed by atoms with E-state index in [0.29, 0.717) is 31.8 Å². The number of rotatable bonds is 5. The molecule has 1 aliphatic heterocycles. The van der Waals surface area contributed by atoms with E-state index in [0.717, 1.165) is 32.1 Å². The Bertz CT molecular complexity index is 513. The summed E-state index contributed by atoms with van der Waals surface area (Å²) in [6.45, 7) is 1.47. The number of nitrogens with zero attached hydrogens (tertiary/aromatic N) is 3. The molecule has 3 rings (SSSR count). The predicted molar refractivity (Wildman–Crippen MR) is 78.9 cm³/mol. The third-order valence-electron chi connectivity index (χ3n) is 5.23. The summed E-state index contributed by atoms with van der Waals surface area (Å²) in [5.41, 5.74) is -0.866. The lowest BCUT2D eigenvalue weighted by Gasteiger charge is -2.32. The van der Waals surface area contributed by atoms with Gasteiger partial charge in [-0.25, -0.2) is 0 Å². The first-order chi connectivity index (χ1) is 10.6. The van der Waals surface area contributed by atoms with Crippen LogP contribution in [0.1, 0.15) is 44.2 Å². The van der Waals surface area contributed by atoms with Crippen molar-refractivity contribution in [2.75, 3.05) is 26.8 Å². The molecule has 122 valence electrons. The Labute approximate surface area is 130 Å². The Morgan fingerprint density at radius 3 is 2.86 bits per heavy atom. The zero-order chi connectivity index (χ0) is 15.6. The first-order valence-electron chi connectivity index (χ1n) is 7.97. The van der Waals surface area contributed by atoms with Crippen LogP contribution in [0.3, 0.4) is 0 Å². The van der Waals surface area contributed by atoms with Gasteiger partial charge in [-0.2, -0.15) is 15.4 Å². The Balaban J connectivity index is 1.72. The molecule has 1 saturated heterocycles. The average Bonchev–Trinajstić information content (AvgIpc) is 3.25. The number of ether oxygens (including phenoxy) is 1. The lowest BCUT2D eigenvalue weighted by molar-refractivity contribution is -0.143. The first-order valence-corrected chi connectivity index (χ1v) is 7.97. The highest BCUT2D eigenvalue weighted by atomic mass is 16.5. The van der Waals surface area contributed by atoms with Crippen molar-refractivity contribution in [3.63, 3.8) is 0 Å². The van der Waals surface area contributed by atoms with E-state index in [4.69, 9.17) is 4.74 Å². The Hall–Kier alpha value is -1.47. The number of carbonyl (C=O) groups is 1. The molecule has 0 aromatic carbocycles. The van der Waals surface area contributed by atoms with E-state index in [-0.39, 0.29) is 11.3 Å². The van der Waals surface area contributed by atoms with Crippen molar-refractivity contribution in [3.05, 3.63) is 11.9 Å². The van der Waals surface area contributed by atoms with Gasteiger partial charge in [0.25, 0.3) is 0 Å². The van der Waals surface area contributed by atoms with Crippen LogP contribution >= 0.6 is 0 Å². The SMILES string of the molecule is COCCC1(C(=O)N2CC[C@](O)(c3cn[nH]n3)C2)CCCC1. The fourth-order valence-electron chi connectivity index (χ4n) is 3.86. The molecule has 1 saturated carbocycles. The van der Waals surface area contributed by atoms with Crippen molar-refractivity contribution < 1.29 is 14.6 Å². The summed E-state index contributed by atoms with van der Waals surface area (Å²) in [7, 11) is 1.67. The zero-order valence-corrected chi connectivity index (χ0v) is 13.0. The normalized spacial score (nSPS) is 27.5. The quantitative estimate of drug-likeness (QED) is 0.840. The zero-order valence-electron chi connectivity index (χ0n) is 13.0. The molecule has 1 aromatic heterocycles. The Kier molecular flexibility index (Phi) is 4.18. The van der Waals surface area contributed by atoms with Gasteiger partial charge in [-0.15, -0.1) is 0 Å². The monoisotopic (exact) mass is 308 g/mol. The number of hydrogen-bond acceptors (Lipinski definition) is 5. The summed E-state index contributed by atoms with van der Waals surface area (Å²) in [6, 6.07) is 0. The number of methoxy groups -OCH3 is 1. The molecular weight excluding hydrogens is 284 g/mol. The molecule has 7 nitrogen and oxygen atoms in total. The van der Waals surface area contributed by atoms with E-state index < -0.39 is 5.60 Å². The van der Waals surface area contributed by atoms with E-state index in [2.05, 4.69) is 15.4 Å². The van der Waals surface area contributed by atoms with Gasteiger partial charge in [-0.05, 0) is 19.3 Å². The number of H-pyrrole nitrogens is 1. The molecule has 1 aliphatic carbocycles. The maximum absolute atomic E-state index is 13.0. The largest absolute Gasteiger partial charge is 0.385 e. The van der Waals surface area contributed by atoms with Crippen LogP contribution in [0.4, 0.5) is 0 Å². The number of aliphatic hydroxyl groups is 1. The topological polar surface area (TPSA) is 91.3 Å². The van der Waals surface area contributed by atoms with Gasteiger partial charge in [0.2, 0.25) is 5.91 Å². The van der Waals surface area contributed by atoms with Crippen molar-refractivity contribution >= 4 is 5.91 Å². The van der Waals surface area contributed by atoms with Crippen molar-refractivity contribution in [1.29, 1.82) is 0 Å². The number of carbonyl (C=O) groups excluding carboxylic acids is 1. The van der Waals surface area contributed by atoms with Crippen LogP contribution in [0.5, 0.6) is 0 Å². The minimum atomic E-state index is -1.08. The number of nitrogens with one attached hydrogen (secondary N) is 1. The highest BCUT2D eigenvalue weighted by Gasteiger charge is 2.48. The standard InChI is InChI=1S/C15H24N4O3/c1-22-9-7-14(4-2-3-5-14)13(20)19-8-6-15(21,11-19)12-10-16-18-17-12/h10,21H,2-9,11H2,1H3,(H,16,17,18)/t15-/m1/s1. The lowest BCUT2D eigenvalue weighted by Crippen LogP contribution is -2.43. The Morgan fingerprint density at radius 2 is 2.23 bits per heavy atom. The molecule has 1 aromatic rings. The predicted octanol–water partition coefficient (Wildman–Crippen LogP) is 0.821. The fourth-order valence-corrected chi connectivity index (χ4v) is 3.86. The summed E-state index contributed by atoms with van der Waals surface area (Å²) in [4.78, 5) is 14.8. The molecule has 1 amide bonds. The van der Waals surface area contributed by atoms with Crippen LogP contribution in [0, 0.1) is 5.41 Å². The van der Waals surface area contributed by atoms with E-state index in [1.54, 1.807) is 12.0 Å². The molecule has 2 fully saturated rings. The second-order valence-electron chi connectivity index (χ2n) is 6.59. The van der Waals surface area contributed by atoms with Crippen molar-refractivity contribution in [1.82, 2.24) is 20.3 Å². The fraction of sp³-hybridized carbons (Fsp3) is 0.800. The van der Waals surface area contributed by atoms with Crippen LogP contribution in [0.15, 0.2) is 6.20 Å². The van der Waals surface area contributed by atoms with Gasteiger partial charge in [-0.1, -0.05) is 12.8 Å². The highest BCUT2D eigenvalue weighted by Crippen LogP contribution is 2.44. The third kappa shape index (κ3) is 2.63. The number of β-amino-alcohol motifs (C(OH)–C–C–N with tert-alkyl or cyclic N) is 1. The number of amides is 1. The number of likely N-dealkylation sites (tertiary alicyclic amines) is 1. The number of aromatic nitrogens is 3. The molecule has 0 radical (unpaired) electrons. The summed E-state index contributed by atoms with van der Waals surface area (Å²) >= 11 is 0. The van der Waals surface area contributed by atoms with Gasteiger partial charge in [0.1, 0.15) is 11.3 Å². The van der Waals surface area contributed by atoms with Crippen molar-refractivity contribution in [2.24, 2.45) is 5.41 Å². The molecule has 2 N–H and O–H groups in total. The van der Waals surface area contributed by atoms with Gasteiger partial charge in [0, 0.05) is 26.7 Å². The summed E-state index contributed by atoms with van der Waals surface area (Å²) in [6.07, 6.45) is 6.84. The van der Waals surface area contributed by atoms with Gasteiger partial charge in [-0.3, -0.25) is 4.79 Å². The Morgan fingerprint density at radius 1 is 1.45 bits per heavy atom. The molecule has 0 unspecified atom stereocenters. The molecule has 0 spiro atoms. The van der Waals surface area contributed by atoms with Gasteiger partial charge < -0.3 is 14.7 Å². The van der Waals surface area contributed by atoms with Crippen LogP contribution in [0.25, 0.3) is 0 Å². The van der Waals surface area contributed by atoms with E-state index >= 15 is 0 Å². The summed E-state index contributed by atoms with van der Waals surface area (Å²) < 4.78 is 5.20. The number of aromatic amines is 1. The van der Waals surface area contributed by atoms with Crippen LogP contribution in [-0.2, 0) is 15.1 Å². The average molecular weight is 308 g/mol. The molecular formula is C15H24N4O3. The van der Waals surface area contributed by atoms with E-state index in [9.17, 15) is 9.90 Å². The van der Waals surface area contributed by atoms with E-state index in [1.165, 1.54) is 6.20 Å².